The molecule has 2 saturated heterocycles. The number of fused-ring (bicyclic) bond motifs is 1. The first kappa shape index (κ1) is 18.0. The molecule has 3 atom stereocenters. The summed E-state index contributed by atoms with van der Waals surface area (Å²) in [6.07, 6.45) is 15.3. The quantitative estimate of drug-likeness (QED) is 0.707. The van der Waals surface area contributed by atoms with Crippen molar-refractivity contribution in [1.82, 2.24) is 9.80 Å². The number of hydrogen-bond donors (Lipinski definition) is 0. The average Bonchev–Trinajstić information content (AvgIpc) is 3.61. The van der Waals surface area contributed by atoms with Gasteiger partial charge in [-0.3, -0.25) is 9.59 Å². The summed E-state index contributed by atoms with van der Waals surface area (Å²) in [7, 11) is 0. The van der Waals surface area contributed by atoms with Crippen molar-refractivity contribution in [2.45, 2.75) is 95.6 Å². The molecule has 2 aliphatic heterocycles. The molecule has 0 bridgehead atoms. The highest BCUT2D eigenvalue weighted by molar-refractivity contribution is 5.89. The van der Waals surface area contributed by atoms with Gasteiger partial charge in [0.2, 0.25) is 11.8 Å². The highest BCUT2D eigenvalue weighted by atomic mass is 16.2. The third-order valence-electron chi connectivity index (χ3n) is 8.23. The van der Waals surface area contributed by atoms with Crippen LogP contribution in [-0.4, -0.2) is 46.8 Å². The standard InChI is InChI=1S/C23H36N2O2/c26-22(12-11-19(16-7-8-16)17-9-10-17)25-20-6-2-1-5-18(20)15-21(25)23(27)24-13-3-4-14-24/h16-21H,1-15H2/t18-,20-,21-/m0/s1. The van der Waals surface area contributed by atoms with Crippen LogP contribution in [0.5, 0.6) is 0 Å². The van der Waals surface area contributed by atoms with Gasteiger partial charge in [-0.05, 0) is 87.9 Å². The van der Waals surface area contributed by atoms with E-state index in [1.54, 1.807) is 0 Å². The van der Waals surface area contributed by atoms with Crippen molar-refractivity contribution in [2.75, 3.05) is 13.1 Å². The van der Waals surface area contributed by atoms with Crippen molar-refractivity contribution in [3.05, 3.63) is 0 Å². The van der Waals surface area contributed by atoms with Gasteiger partial charge in [-0.25, -0.2) is 0 Å². The van der Waals surface area contributed by atoms with Crippen LogP contribution < -0.4 is 0 Å². The van der Waals surface area contributed by atoms with E-state index in [9.17, 15) is 9.59 Å². The molecule has 2 amide bonds. The third-order valence-corrected chi connectivity index (χ3v) is 8.23. The maximum atomic E-state index is 13.4. The molecular formula is C23H36N2O2. The number of likely N-dealkylation sites (tertiary alicyclic amines) is 2. The first-order chi connectivity index (χ1) is 13.2. The van der Waals surface area contributed by atoms with E-state index >= 15 is 0 Å². The Kier molecular flexibility index (Phi) is 4.94. The molecule has 3 aliphatic carbocycles. The summed E-state index contributed by atoms with van der Waals surface area (Å²) in [5, 5.41) is 0. The number of amides is 2. The van der Waals surface area contributed by atoms with E-state index in [1.807, 2.05) is 4.90 Å². The normalized spacial score (nSPS) is 33.6. The van der Waals surface area contributed by atoms with Crippen LogP contribution in [0.3, 0.4) is 0 Å². The summed E-state index contributed by atoms with van der Waals surface area (Å²) in [5.74, 6) is 3.75. The Hall–Kier alpha value is -1.06. The van der Waals surface area contributed by atoms with Crippen LogP contribution in [0.4, 0.5) is 0 Å². The fourth-order valence-electron chi connectivity index (χ4n) is 6.51. The maximum Gasteiger partial charge on any atom is 0.245 e. The van der Waals surface area contributed by atoms with Crippen molar-refractivity contribution in [3.63, 3.8) is 0 Å². The molecule has 0 spiro atoms. The number of nitrogens with zero attached hydrogens (tertiary/aromatic N) is 2. The van der Waals surface area contributed by atoms with E-state index in [1.165, 1.54) is 44.9 Å². The Morgan fingerprint density at radius 1 is 0.852 bits per heavy atom. The molecule has 4 nitrogen and oxygen atoms in total. The van der Waals surface area contributed by atoms with Crippen LogP contribution in [0.1, 0.15) is 83.5 Å². The van der Waals surface area contributed by atoms with Gasteiger partial charge in [-0.1, -0.05) is 12.8 Å². The molecule has 5 rings (SSSR count). The van der Waals surface area contributed by atoms with Gasteiger partial charge in [-0.2, -0.15) is 0 Å². The molecule has 0 N–H and O–H groups in total. The van der Waals surface area contributed by atoms with Gasteiger partial charge in [-0.15, -0.1) is 0 Å². The molecule has 3 saturated carbocycles. The van der Waals surface area contributed by atoms with E-state index in [2.05, 4.69) is 4.90 Å². The largest absolute Gasteiger partial charge is 0.341 e. The molecule has 0 unspecified atom stereocenters. The van der Waals surface area contributed by atoms with E-state index < -0.39 is 0 Å². The summed E-state index contributed by atoms with van der Waals surface area (Å²) in [4.78, 5) is 30.7. The van der Waals surface area contributed by atoms with E-state index in [4.69, 9.17) is 0 Å². The van der Waals surface area contributed by atoms with Crippen molar-refractivity contribution in [1.29, 1.82) is 0 Å². The molecule has 5 fully saturated rings. The van der Waals surface area contributed by atoms with Crippen LogP contribution in [0.15, 0.2) is 0 Å². The second kappa shape index (κ2) is 7.40. The Labute approximate surface area is 164 Å². The lowest BCUT2D eigenvalue weighted by Gasteiger charge is -2.35. The zero-order valence-corrected chi connectivity index (χ0v) is 16.8. The molecule has 0 aromatic rings. The predicted molar refractivity (Wildman–Crippen MR) is 105 cm³/mol. The number of carbonyl (C=O) groups excluding carboxylic acids is 2. The minimum atomic E-state index is -0.149. The fourth-order valence-corrected chi connectivity index (χ4v) is 6.51. The van der Waals surface area contributed by atoms with E-state index in [0.29, 0.717) is 24.3 Å². The highest BCUT2D eigenvalue weighted by Gasteiger charge is 2.49. The first-order valence-electron chi connectivity index (χ1n) is 11.8. The summed E-state index contributed by atoms with van der Waals surface area (Å²) in [6, 6.07) is 0.201. The minimum Gasteiger partial charge on any atom is -0.341 e. The van der Waals surface area contributed by atoms with Crippen LogP contribution in [-0.2, 0) is 9.59 Å². The fraction of sp³-hybridized carbons (Fsp3) is 0.913. The third kappa shape index (κ3) is 3.65. The summed E-state index contributed by atoms with van der Waals surface area (Å²) in [5.41, 5.74) is 0. The topological polar surface area (TPSA) is 40.6 Å². The van der Waals surface area contributed by atoms with Crippen LogP contribution in [0, 0.1) is 23.7 Å². The van der Waals surface area contributed by atoms with E-state index in [0.717, 1.165) is 62.9 Å². The number of rotatable bonds is 6. The zero-order chi connectivity index (χ0) is 18.4. The van der Waals surface area contributed by atoms with Gasteiger partial charge in [0.1, 0.15) is 6.04 Å². The summed E-state index contributed by atoms with van der Waals surface area (Å²) >= 11 is 0. The highest BCUT2D eigenvalue weighted by Crippen LogP contribution is 2.51. The zero-order valence-electron chi connectivity index (χ0n) is 16.8. The van der Waals surface area contributed by atoms with Crippen molar-refractivity contribution in [3.8, 4) is 0 Å². The molecule has 0 aromatic carbocycles. The van der Waals surface area contributed by atoms with Gasteiger partial charge in [0.05, 0.1) is 0 Å². The number of carbonyl (C=O) groups is 2. The van der Waals surface area contributed by atoms with Gasteiger partial charge >= 0.3 is 0 Å². The summed E-state index contributed by atoms with van der Waals surface area (Å²) < 4.78 is 0. The van der Waals surface area contributed by atoms with E-state index in [-0.39, 0.29) is 11.9 Å². The Balaban J connectivity index is 1.28. The van der Waals surface area contributed by atoms with Crippen molar-refractivity contribution < 1.29 is 9.59 Å². The molecule has 0 radical (unpaired) electrons. The van der Waals surface area contributed by atoms with Crippen molar-refractivity contribution >= 4 is 11.8 Å². The molecule has 27 heavy (non-hydrogen) atoms. The monoisotopic (exact) mass is 372 g/mol. The van der Waals surface area contributed by atoms with Gasteiger partial charge < -0.3 is 9.80 Å². The Morgan fingerprint density at radius 3 is 2.19 bits per heavy atom. The predicted octanol–water partition coefficient (Wildman–Crippen LogP) is 3.98. The lowest BCUT2D eigenvalue weighted by atomic mass is 9.84. The molecule has 0 aromatic heterocycles. The number of hydrogen-bond acceptors (Lipinski definition) is 2. The van der Waals surface area contributed by atoms with Crippen molar-refractivity contribution in [2.24, 2.45) is 23.7 Å². The van der Waals surface area contributed by atoms with Gasteiger partial charge in [0.15, 0.2) is 0 Å². The minimum absolute atomic E-state index is 0.149. The SMILES string of the molecule is O=C([C@@H]1C[C@@H]2CCCC[C@@H]2N1C(=O)CCC(C1CC1)C1CC1)N1CCCC1. The van der Waals surface area contributed by atoms with Gasteiger partial charge in [0.25, 0.3) is 0 Å². The lowest BCUT2D eigenvalue weighted by Crippen LogP contribution is -2.50. The molecule has 4 heteroatoms. The van der Waals surface area contributed by atoms with Gasteiger partial charge in [0, 0.05) is 25.6 Å². The molecule has 5 aliphatic rings. The van der Waals surface area contributed by atoms with Crippen LogP contribution in [0.25, 0.3) is 0 Å². The summed E-state index contributed by atoms with van der Waals surface area (Å²) in [6.45, 7) is 1.80. The second-order valence-corrected chi connectivity index (χ2v) is 10.1. The molecule has 150 valence electrons. The Bertz CT molecular complexity index is 565. The smallest absolute Gasteiger partial charge is 0.245 e. The van der Waals surface area contributed by atoms with Crippen LogP contribution in [0.2, 0.25) is 0 Å². The first-order valence-corrected chi connectivity index (χ1v) is 11.8. The lowest BCUT2D eigenvalue weighted by molar-refractivity contribution is -0.145. The average molecular weight is 373 g/mol. The maximum absolute atomic E-state index is 13.4. The molecular weight excluding hydrogens is 336 g/mol. The van der Waals surface area contributed by atoms with Crippen LogP contribution >= 0.6 is 0 Å². The second-order valence-electron chi connectivity index (χ2n) is 10.1. The Morgan fingerprint density at radius 2 is 1.52 bits per heavy atom. The molecule has 2 heterocycles.